The highest BCUT2D eigenvalue weighted by Gasteiger charge is 2.42. The first-order valence-electron chi connectivity index (χ1n) is 15.5. The molecule has 0 spiro atoms. The van der Waals surface area contributed by atoms with Gasteiger partial charge in [0.05, 0.1) is 37.5 Å². The molecule has 2 fully saturated rings. The van der Waals surface area contributed by atoms with Gasteiger partial charge in [0, 0.05) is 30.3 Å². The van der Waals surface area contributed by atoms with Crippen LogP contribution in [0.5, 0.6) is 0 Å². The summed E-state index contributed by atoms with van der Waals surface area (Å²) < 4.78 is 76.8. The molecule has 1 saturated heterocycles. The summed E-state index contributed by atoms with van der Waals surface area (Å²) in [5, 5.41) is 6.93. The highest BCUT2D eigenvalue weighted by Crippen LogP contribution is 2.45. The molecule has 3 heterocycles. The van der Waals surface area contributed by atoms with E-state index in [-0.39, 0.29) is 47.4 Å². The van der Waals surface area contributed by atoms with Gasteiger partial charge in [-0.05, 0) is 49.1 Å². The molecule has 1 aliphatic heterocycles. The second-order valence-electron chi connectivity index (χ2n) is 12.0. The van der Waals surface area contributed by atoms with Crippen LogP contribution in [0.4, 0.5) is 4.39 Å². The zero-order valence-electron chi connectivity index (χ0n) is 26.8. The number of carbonyl (C=O) groups excluding carboxylic acids is 3. The van der Waals surface area contributed by atoms with Crippen molar-refractivity contribution in [2.24, 2.45) is 17.6 Å². The Morgan fingerprint density at radius 3 is 2.56 bits per heavy atom. The predicted molar refractivity (Wildman–Crippen MR) is 171 cm³/mol. The van der Waals surface area contributed by atoms with Crippen molar-refractivity contribution in [1.29, 1.82) is 0 Å². The smallest absolute Gasteiger partial charge is 0.456 e. The summed E-state index contributed by atoms with van der Waals surface area (Å²) in [6.45, 7) is -1.57. The van der Waals surface area contributed by atoms with E-state index in [1.165, 1.54) is 31.3 Å². The van der Waals surface area contributed by atoms with Crippen molar-refractivity contribution < 1.29 is 54.9 Å². The summed E-state index contributed by atoms with van der Waals surface area (Å²) in [5.74, 6) is -2.62. The number of rotatable bonds is 14. The maximum atomic E-state index is 13.7. The van der Waals surface area contributed by atoms with Crippen molar-refractivity contribution in [2.75, 3.05) is 33.1 Å². The number of halogens is 1. The molecule has 6 rings (SSSR count). The lowest BCUT2D eigenvalue weighted by molar-refractivity contribution is -0.124. The number of hydrogen-bond donors (Lipinski definition) is 3. The lowest BCUT2D eigenvalue weighted by Gasteiger charge is -2.33. The molecule has 2 amide bonds. The van der Waals surface area contributed by atoms with Gasteiger partial charge in [-0.25, -0.2) is 27.0 Å². The molecular formula is C30H34FN6O11PS. The monoisotopic (exact) mass is 736 g/mol. The van der Waals surface area contributed by atoms with E-state index >= 15 is 0 Å². The van der Waals surface area contributed by atoms with Crippen molar-refractivity contribution in [3.8, 4) is 11.3 Å². The summed E-state index contributed by atoms with van der Waals surface area (Å²) in [5.41, 5.74) is 6.06. The van der Waals surface area contributed by atoms with Gasteiger partial charge < -0.3 is 25.1 Å². The van der Waals surface area contributed by atoms with Gasteiger partial charge in [-0.15, -0.1) is 5.10 Å². The number of nitrogens with zero attached hydrogens (tertiary/aromatic N) is 4. The fourth-order valence-electron chi connectivity index (χ4n) is 6.05. The molecule has 4 N–H and O–H groups in total. The molecule has 3 aromatic rings. The first-order valence-corrected chi connectivity index (χ1v) is 18.8. The third-order valence-electron chi connectivity index (χ3n) is 8.57. The van der Waals surface area contributed by atoms with Crippen LogP contribution in [0.3, 0.4) is 0 Å². The van der Waals surface area contributed by atoms with Crippen molar-refractivity contribution in [3.63, 3.8) is 0 Å². The number of phosphoric acid groups is 1. The molecule has 0 radical (unpaired) electrons. The molecule has 3 aliphatic rings. The van der Waals surface area contributed by atoms with Crippen molar-refractivity contribution in [3.05, 3.63) is 58.4 Å². The van der Waals surface area contributed by atoms with E-state index in [9.17, 15) is 36.7 Å². The number of phosphoric ester groups is 1. The van der Waals surface area contributed by atoms with E-state index in [1.54, 1.807) is 6.08 Å². The first kappa shape index (κ1) is 35.7. The first-order chi connectivity index (χ1) is 23.6. The number of benzene rings is 1. The number of amides is 2. The van der Waals surface area contributed by atoms with Gasteiger partial charge in [-0.2, -0.15) is 4.31 Å². The number of fused-ring (bicyclic) bond motifs is 1. The number of ether oxygens (including phenoxy) is 1. The van der Waals surface area contributed by atoms with Crippen LogP contribution in [0.2, 0.25) is 0 Å². The van der Waals surface area contributed by atoms with E-state index < -0.39 is 72.8 Å². The average molecular weight is 737 g/mol. The Balaban J connectivity index is 1.17. The molecule has 17 nitrogen and oxygen atoms in total. The number of nitrogens with one attached hydrogen (secondary N) is 1. The summed E-state index contributed by atoms with van der Waals surface area (Å²) in [4.78, 5) is 50.9. The quantitative estimate of drug-likeness (QED) is 0.186. The van der Waals surface area contributed by atoms with Gasteiger partial charge in [0.2, 0.25) is 15.8 Å². The minimum absolute atomic E-state index is 0.0937. The topological polar surface area (TPSA) is 235 Å². The maximum absolute atomic E-state index is 13.7. The number of sulfonamides is 1. The molecule has 2 aliphatic carbocycles. The fourth-order valence-corrected chi connectivity index (χ4v) is 7.81. The Morgan fingerprint density at radius 2 is 1.94 bits per heavy atom. The number of ketones is 1. The lowest BCUT2D eigenvalue weighted by atomic mass is 9.89. The zero-order chi connectivity index (χ0) is 36.0. The molecule has 2 aromatic heterocycles. The van der Waals surface area contributed by atoms with Gasteiger partial charge in [0.15, 0.2) is 12.0 Å². The summed E-state index contributed by atoms with van der Waals surface area (Å²) in [6.07, 6.45) is 4.83. The SMILES string of the molecule is CNC(=O)c1c(-c2ccc(F)cc2)oc2c1=CC(C1CC1)C(N(CCOP(=O)(O)OC[C@H]1O[C@@H](n3cnc(C(N)=O)n3)CC1=O)S(C)(=O)=O)C=2. The molecule has 0 bridgehead atoms. The number of nitrogens with two attached hydrogens (primary N) is 1. The predicted octanol–water partition coefficient (Wildman–Crippen LogP) is 0.0571. The molecule has 3 unspecified atom stereocenters. The number of furan rings is 1. The molecule has 268 valence electrons. The molecule has 50 heavy (non-hydrogen) atoms. The number of aromatic nitrogens is 3. The van der Waals surface area contributed by atoms with Crippen LogP contribution in [0.15, 0.2) is 35.0 Å². The summed E-state index contributed by atoms with van der Waals surface area (Å²) >= 11 is 0. The standard InChI is InChI=1S/C30H34FN6O11PS/c1-33-30(40)26-20-11-19(16-3-4-16)21(12-23(20)48-27(26)17-5-7-18(31)8-6-17)37(50(2,43)44)9-10-45-49(41,42)46-14-24-22(38)13-25(47-24)36-15-34-29(35-36)28(32)39/h5-8,11-12,15-16,19,21,24-25H,3-4,9-10,13-14H2,1-2H3,(H2,32,39)(H,33,40)(H,41,42)/t19?,21?,24-,25-/m1/s1. The van der Waals surface area contributed by atoms with Crippen LogP contribution >= 0.6 is 7.82 Å². The van der Waals surface area contributed by atoms with Crippen LogP contribution in [-0.2, 0) is 33.2 Å². The summed E-state index contributed by atoms with van der Waals surface area (Å²) in [7, 11) is -7.29. The van der Waals surface area contributed by atoms with Crippen molar-refractivity contribution in [2.45, 2.75) is 37.6 Å². The van der Waals surface area contributed by atoms with E-state index in [0.717, 1.165) is 34.4 Å². The van der Waals surface area contributed by atoms with Crippen molar-refractivity contribution in [1.82, 2.24) is 24.4 Å². The van der Waals surface area contributed by atoms with Gasteiger partial charge >= 0.3 is 7.82 Å². The maximum Gasteiger partial charge on any atom is 0.472 e. The molecule has 1 saturated carbocycles. The highest BCUT2D eigenvalue weighted by atomic mass is 32.2. The molecule has 20 heteroatoms. The Morgan fingerprint density at radius 1 is 1.22 bits per heavy atom. The van der Waals surface area contributed by atoms with E-state index in [0.29, 0.717) is 10.8 Å². The van der Waals surface area contributed by atoms with Crippen LogP contribution in [-0.4, -0.2) is 95.2 Å². The fraction of sp³-hybridized carbons (Fsp3) is 0.433. The van der Waals surface area contributed by atoms with Gasteiger partial charge in [0.25, 0.3) is 11.8 Å². The number of carbonyl (C=O) groups is 3. The minimum Gasteiger partial charge on any atom is -0.456 e. The van der Waals surface area contributed by atoms with Crippen LogP contribution in [0.1, 0.15) is 46.5 Å². The Kier molecular flexibility index (Phi) is 9.93. The van der Waals surface area contributed by atoms with Gasteiger partial charge in [0.1, 0.15) is 29.4 Å². The Bertz CT molecular complexity index is 2100. The summed E-state index contributed by atoms with van der Waals surface area (Å²) in [6, 6.07) is 4.62. The molecule has 5 atom stereocenters. The third kappa shape index (κ3) is 7.63. The van der Waals surface area contributed by atoms with E-state index in [4.69, 9.17) is 23.9 Å². The van der Waals surface area contributed by atoms with E-state index in [1.807, 2.05) is 6.08 Å². The lowest BCUT2D eigenvalue weighted by Crippen LogP contribution is -2.49. The van der Waals surface area contributed by atoms with Gasteiger partial charge in [-0.3, -0.25) is 23.4 Å². The van der Waals surface area contributed by atoms with Crippen LogP contribution in [0, 0.1) is 17.7 Å². The number of primary amides is 1. The normalized spacial score (nSPS) is 23.2. The van der Waals surface area contributed by atoms with Crippen LogP contribution < -0.4 is 21.7 Å². The highest BCUT2D eigenvalue weighted by molar-refractivity contribution is 7.88. The minimum atomic E-state index is -4.81. The van der Waals surface area contributed by atoms with E-state index in [2.05, 4.69) is 15.4 Å². The largest absolute Gasteiger partial charge is 0.472 e. The Labute approximate surface area is 284 Å². The van der Waals surface area contributed by atoms with Gasteiger partial charge in [-0.1, -0.05) is 6.08 Å². The zero-order valence-corrected chi connectivity index (χ0v) is 28.5. The second kappa shape index (κ2) is 13.9. The molecule has 1 aromatic carbocycles. The number of hydrogen-bond acceptors (Lipinski definition) is 12. The average Bonchev–Trinajstić information content (AvgIpc) is 3.47. The molecular weight excluding hydrogens is 702 g/mol. The Hall–Kier alpha value is -4.10. The third-order valence-corrected chi connectivity index (χ3v) is 10.8. The number of Topliss-reactive ketones (excluding diaryl/α,β-unsaturated/α-hetero) is 1. The van der Waals surface area contributed by atoms with Crippen molar-refractivity contribution >= 4 is 47.6 Å². The van der Waals surface area contributed by atoms with Crippen LogP contribution in [0.25, 0.3) is 23.5 Å². The second-order valence-corrected chi connectivity index (χ2v) is 15.4.